The van der Waals surface area contributed by atoms with Gasteiger partial charge in [-0.05, 0) is 25.3 Å². The van der Waals surface area contributed by atoms with Crippen molar-refractivity contribution < 1.29 is 0 Å². The lowest BCUT2D eigenvalue weighted by molar-refractivity contribution is 0.258. The molecule has 1 fully saturated rings. The predicted octanol–water partition coefficient (Wildman–Crippen LogP) is 0.569. The Hall–Kier alpha value is -0.590. The first-order valence-electron chi connectivity index (χ1n) is 4.45. The Morgan fingerprint density at radius 1 is 1.75 bits per heavy atom. The van der Waals surface area contributed by atoms with Gasteiger partial charge in [0.05, 0.1) is 12.1 Å². The van der Waals surface area contributed by atoms with Crippen LogP contribution < -0.4 is 5.73 Å². The summed E-state index contributed by atoms with van der Waals surface area (Å²) in [6.07, 6.45) is 1.12. The highest BCUT2D eigenvalue weighted by Gasteiger charge is 2.34. The fourth-order valence-corrected chi connectivity index (χ4v) is 1.64. The predicted molar refractivity (Wildman–Crippen MR) is 48.4 cm³/mol. The van der Waals surface area contributed by atoms with E-state index >= 15 is 0 Å². The van der Waals surface area contributed by atoms with Crippen LogP contribution in [0.4, 0.5) is 0 Å². The first-order valence-corrected chi connectivity index (χ1v) is 4.45. The van der Waals surface area contributed by atoms with E-state index in [0.717, 1.165) is 26.1 Å². The molecule has 0 aromatic carbocycles. The van der Waals surface area contributed by atoms with Gasteiger partial charge in [0.25, 0.3) is 0 Å². The minimum absolute atomic E-state index is 0.0402. The van der Waals surface area contributed by atoms with Crippen molar-refractivity contribution in [1.29, 1.82) is 5.26 Å². The van der Waals surface area contributed by atoms with Gasteiger partial charge in [0, 0.05) is 13.1 Å². The maximum Gasteiger partial charge on any atom is 0.0949 e. The minimum atomic E-state index is 0.0402. The third kappa shape index (κ3) is 1.77. The van der Waals surface area contributed by atoms with E-state index in [-0.39, 0.29) is 11.5 Å². The molecule has 0 spiro atoms. The van der Waals surface area contributed by atoms with Crippen molar-refractivity contribution in [3.63, 3.8) is 0 Å². The number of nitrogens with two attached hydrogens (primary N) is 1. The second-order valence-corrected chi connectivity index (χ2v) is 4.04. The van der Waals surface area contributed by atoms with Crippen molar-refractivity contribution in [2.24, 2.45) is 11.1 Å². The van der Waals surface area contributed by atoms with Crippen LogP contribution in [0.1, 0.15) is 20.3 Å². The monoisotopic (exact) mass is 167 g/mol. The number of nitriles is 1. The highest BCUT2D eigenvalue weighted by molar-refractivity contribution is 4.95. The Bertz CT molecular complexity index is 196. The van der Waals surface area contributed by atoms with Gasteiger partial charge in [0.15, 0.2) is 0 Å². The Morgan fingerprint density at radius 3 is 2.83 bits per heavy atom. The molecule has 3 heteroatoms. The molecule has 2 atom stereocenters. The van der Waals surface area contributed by atoms with E-state index < -0.39 is 0 Å². The molecule has 0 amide bonds. The van der Waals surface area contributed by atoms with Crippen LogP contribution in [0.25, 0.3) is 0 Å². The largest absolute Gasteiger partial charge is 0.330 e. The van der Waals surface area contributed by atoms with E-state index in [2.05, 4.69) is 17.9 Å². The molecule has 0 radical (unpaired) electrons. The van der Waals surface area contributed by atoms with Crippen LogP contribution in [0.3, 0.4) is 0 Å². The van der Waals surface area contributed by atoms with Crippen LogP contribution in [0, 0.1) is 16.7 Å². The van der Waals surface area contributed by atoms with Crippen molar-refractivity contribution in [3.8, 4) is 6.07 Å². The molecule has 1 aliphatic rings. The molecule has 3 nitrogen and oxygen atoms in total. The summed E-state index contributed by atoms with van der Waals surface area (Å²) < 4.78 is 0. The van der Waals surface area contributed by atoms with Crippen molar-refractivity contribution in [2.45, 2.75) is 26.3 Å². The lowest BCUT2D eigenvalue weighted by atomic mass is 9.90. The Kier molecular flexibility index (Phi) is 2.71. The van der Waals surface area contributed by atoms with Gasteiger partial charge in [0.1, 0.15) is 0 Å². The summed E-state index contributed by atoms with van der Waals surface area (Å²) >= 11 is 0. The first-order chi connectivity index (χ1) is 5.61. The molecule has 2 unspecified atom stereocenters. The molecule has 2 N–H and O–H groups in total. The third-order valence-electron chi connectivity index (χ3n) is 2.81. The number of rotatable bonds is 2. The molecule has 0 aromatic heterocycles. The third-order valence-corrected chi connectivity index (χ3v) is 2.81. The quantitative estimate of drug-likeness (QED) is 0.654. The number of hydrogen-bond acceptors (Lipinski definition) is 3. The molecule has 1 aliphatic heterocycles. The van der Waals surface area contributed by atoms with Crippen LogP contribution >= 0.6 is 0 Å². The average Bonchev–Trinajstić information content (AvgIpc) is 2.48. The molecular formula is C9H17N3. The summed E-state index contributed by atoms with van der Waals surface area (Å²) in [5.41, 5.74) is 5.90. The first kappa shape index (κ1) is 9.50. The molecule has 1 rings (SSSR count). The molecule has 0 saturated carbocycles. The molecular weight excluding hydrogens is 150 g/mol. The van der Waals surface area contributed by atoms with Crippen molar-refractivity contribution >= 4 is 0 Å². The van der Waals surface area contributed by atoms with Crippen molar-refractivity contribution in [1.82, 2.24) is 4.90 Å². The van der Waals surface area contributed by atoms with E-state index in [4.69, 9.17) is 11.0 Å². The molecule has 0 aromatic rings. The summed E-state index contributed by atoms with van der Waals surface area (Å²) in [4.78, 5) is 2.20. The lowest BCUT2D eigenvalue weighted by Crippen LogP contribution is -2.35. The molecule has 0 bridgehead atoms. The van der Waals surface area contributed by atoms with Crippen LogP contribution in [0.2, 0.25) is 0 Å². The smallest absolute Gasteiger partial charge is 0.0949 e. The van der Waals surface area contributed by atoms with E-state index in [1.54, 1.807) is 0 Å². The average molecular weight is 167 g/mol. The van der Waals surface area contributed by atoms with Gasteiger partial charge in [-0.1, -0.05) is 6.92 Å². The lowest BCUT2D eigenvalue weighted by Gasteiger charge is -2.23. The van der Waals surface area contributed by atoms with Gasteiger partial charge in [-0.3, -0.25) is 4.90 Å². The van der Waals surface area contributed by atoms with E-state index in [1.165, 1.54) is 0 Å². The van der Waals surface area contributed by atoms with Gasteiger partial charge in [-0.15, -0.1) is 0 Å². The standard InChI is InChI=1S/C9H17N3/c1-8(5-10)12-4-3-9(2,6-11)7-12/h8H,3-4,6-7,11H2,1-2H3. The zero-order valence-electron chi connectivity index (χ0n) is 7.88. The topological polar surface area (TPSA) is 53.0 Å². The van der Waals surface area contributed by atoms with E-state index in [9.17, 15) is 0 Å². The van der Waals surface area contributed by atoms with Gasteiger partial charge in [-0.25, -0.2) is 0 Å². The number of hydrogen-bond donors (Lipinski definition) is 1. The van der Waals surface area contributed by atoms with Crippen LogP contribution in [-0.2, 0) is 0 Å². The van der Waals surface area contributed by atoms with Crippen molar-refractivity contribution in [2.75, 3.05) is 19.6 Å². The molecule has 12 heavy (non-hydrogen) atoms. The second kappa shape index (κ2) is 3.42. The Morgan fingerprint density at radius 2 is 2.42 bits per heavy atom. The molecule has 1 saturated heterocycles. The van der Waals surface area contributed by atoms with Gasteiger partial charge < -0.3 is 5.73 Å². The number of nitrogens with zero attached hydrogens (tertiary/aromatic N) is 2. The van der Waals surface area contributed by atoms with Gasteiger partial charge in [-0.2, -0.15) is 5.26 Å². The fraction of sp³-hybridized carbons (Fsp3) is 0.889. The minimum Gasteiger partial charge on any atom is -0.330 e. The molecule has 68 valence electrons. The zero-order chi connectivity index (χ0) is 9.19. The summed E-state index contributed by atoms with van der Waals surface area (Å²) in [5, 5.41) is 8.72. The SMILES string of the molecule is CC(C#N)N1CCC(C)(CN)C1. The van der Waals surface area contributed by atoms with E-state index in [0.29, 0.717) is 0 Å². The van der Waals surface area contributed by atoms with Crippen molar-refractivity contribution in [3.05, 3.63) is 0 Å². The Labute approximate surface area is 74.1 Å². The normalized spacial score (nSPS) is 33.2. The summed E-state index contributed by atoms with van der Waals surface area (Å²) in [6.45, 7) is 6.85. The van der Waals surface area contributed by atoms with E-state index in [1.807, 2.05) is 6.92 Å². The zero-order valence-corrected chi connectivity index (χ0v) is 7.88. The highest BCUT2D eigenvalue weighted by atomic mass is 15.2. The maximum atomic E-state index is 8.72. The van der Waals surface area contributed by atoms with Crippen LogP contribution in [0.15, 0.2) is 0 Å². The summed E-state index contributed by atoms with van der Waals surface area (Å²) in [7, 11) is 0. The Balaban J connectivity index is 2.52. The second-order valence-electron chi connectivity index (χ2n) is 4.04. The molecule has 1 heterocycles. The van der Waals surface area contributed by atoms with Crippen LogP contribution in [0.5, 0.6) is 0 Å². The summed E-state index contributed by atoms with van der Waals surface area (Å²) in [5.74, 6) is 0. The number of likely N-dealkylation sites (tertiary alicyclic amines) is 1. The van der Waals surface area contributed by atoms with Crippen LogP contribution in [-0.4, -0.2) is 30.6 Å². The highest BCUT2D eigenvalue weighted by Crippen LogP contribution is 2.29. The summed E-state index contributed by atoms with van der Waals surface area (Å²) in [6, 6.07) is 2.29. The van der Waals surface area contributed by atoms with Gasteiger partial charge >= 0.3 is 0 Å². The van der Waals surface area contributed by atoms with Gasteiger partial charge in [0.2, 0.25) is 0 Å². The fourth-order valence-electron chi connectivity index (χ4n) is 1.64. The maximum absolute atomic E-state index is 8.72. The molecule has 0 aliphatic carbocycles.